The number of nitrogens with one attached hydrogen (secondary N) is 1. The molecule has 0 radical (unpaired) electrons. The number of terminal acetylenes is 1. The Hall–Kier alpha value is -1.99. The SMILES string of the molecule is C#CCNC(C)(C(=O)OC)c1ccc(OC(C)C)cc1. The maximum atomic E-state index is 12.0. The lowest BCUT2D eigenvalue weighted by Crippen LogP contribution is -2.47. The lowest BCUT2D eigenvalue weighted by molar-refractivity contribution is -0.148. The lowest BCUT2D eigenvalue weighted by atomic mass is 9.92. The first-order valence-corrected chi connectivity index (χ1v) is 6.48. The molecule has 0 saturated carbocycles. The minimum atomic E-state index is -0.975. The number of hydrogen-bond acceptors (Lipinski definition) is 4. The summed E-state index contributed by atoms with van der Waals surface area (Å²) in [5, 5.41) is 3.02. The molecule has 0 fully saturated rings. The van der Waals surface area contributed by atoms with E-state index in [9.17, 15) is 4.79 Å². The van der Waals surface area contributed by atoms with Crippen molar-refractivity contribution in [1.82, 2.24) is 5.32 Å². The highest BCUT2D eigenvalue weighted by atomic mass is 16.5. The predicted octanol–water partition coefficient (Wildman–Crippen LogP) is 2.08. The smallest absolute Gasteiger partial charge is 0.330 e. The van der Waals surface area contributed by atoms with Crippen LogP contribution in [0.5, 0.6) is 5.75 Å². The first-order valence-electron chi connectivity index (χ1n) is 6.48. The van der Waals surface area contributed by atoms with Gasteiger partial charge in [-0.25, -0.2) is 4.79 Å². The highest BCUT2D eigenvalue weighted by Gasteiger charge is 2.35. The molecule has 0 amide bonds. The molecule has 0 saturated heterocycles. The summed E-state index contributed by atoms with van der Waals surface area (Å²) in [4.78, 5) is 12.0. The van der Waals surface area contributed by atoms with E-state index in [0.29, 0.717) is 0 Å². The van der Waals surface area contributed by atoms with Crippen LogP contribution in [0.4, 0.5) is 0 Å². The molecular formula is C16H21NO3. The molecule has 0 aromatic heterocycles. The third kappa shape index (κ3) is 3.75. The zero-order chi connectivity index (χ0) is 15.2. The minimum absolute atomic E-state index is 0.104. The molecule has 1 aromatic carbocycles. The Balaban J connectivity index is 3.03. The summed E-state index contributed by atoms with van der Waals surface area (Å²) in [5.74, 6) is 2.84. The van der Waals surface area contributed by atoms with E-state index in [2.05, 4.69) is 11.2 Å². The highest BCUT2D eigenvalue weighted by Crippen LogP contribution is 2.25. The van der Waals surface area contributed by atoms with E-state index in [4.69, 9.17) is 15.9 Å². The number of carbonyl (C=O) groups is 1. The van der Waals surface area contributed by atoms with Gasteiger partial charge in [-0.15, -0.1) is 6.42 Å². The summed E-state index contributed by atoms with van der Waals surface area (Å²) in [5.41, 5.74) is -0.201. The molecule has 1 unspecified atom stereocenters. The number of methoxy groups -OCH3 is 1. The first kappa shape index (κ1) is 16.1. The molecule has 108 valence electrons. The average molecular weight is 275 g/mol. The van der Waals surface area contributed by atoms with Crippen LogP contribution >= 0.6 is 0 Å². The van der Waals surface area contributed by atoms with Crippen molar-refractivity contribution in [3.63, 3.8) is 0 Å². The second kappa shape index (κ2) is 6.97. The second-order valence-corrected chi connectivity index (χ2v) is 4.87. The fourth-order valence-electron chi connectivity index (χ4n) is 1.86. The van der Waals surface area contributed by atoms with Gasteiger partial charge < -0.3 is 9.47 Å². The van der Waals surface area contributed by atoms with Crippen molar-refractivity contribution in [3.05, 3.63) is 29.8 Å². The second-order valence-electron chi connectivity index (χ2n) is 4.87. The Bertz CT molecular complexity index is 487. The molecule has 0 aliphatic heterocycles. The molecule has 4 heteroatoms. The number of esters is 1. The van der Waals surface area contributed by atoms with E-state index in [0.717, 1.165) is 11.3 Å². The zero-order valence-corrected chi connectivity index (χ0v) is 12.4. The Morgan fingerprint density at radius 2 is 2.00 bits per heavy atom. The molecule has 4 nitrogen and oxygen atoms in total. The van der Waals surface area contributed by atoms with Crippen LogP contribution in [0, 0.1) is 12.3 Å². The summed E-state index contributed by atoms with van der Waals surface area (Å²) >= 11 is 0. The van der Waals surface area contributed by atoms with Crippen molar-refractivity contribution >= 4 is 5.97 Å². The standard InChI is InChI=1S/C16H21NO3/c1-6-11-17-16(4,15(18)19-5)13-7-9-14(10-8-13)20-12(2)3/h1,7-10,12,17H,11H2,2-5H3. The van der Waals surface area contributed by atoms with Gasteiger partial charge in [-0.1, -0.05) is 18.1 Å². The van der Waals surface area contributed by atoms with Gasteiger partial charge in [0.1, 0.15) is 11.3 Å². The van der Waals surface area contributed by atoms with Gasteiger partial charge in [0, 0.05) is 0 Å². The van der Waals surface area contributed by atoms with Gasteiger partial charge in [-0.2, -0.15) is 0 Å². The van der Waals surface area contributed by atoms with E-state index in [1.807, 2.05) is 38.1 Å². The average Bonchev–Trinajstić information content (AvgIpc) is 2.44. The zero-order valence-electron chi connectivity index (χ0n) is 12.4. The van der Waals surface area contributed by atoms with Crippen LogP contribution in [0.15, 0.2) is 24.3 Å². The molecule has 0 bridgehead atoms. The van der Waals surface area contributed by atoms with E-state index >= 15 is 0 Å². The van der Waals surface area contributed by atoms with Crippen molar-refractivity contribution < 1.29 is 14.3 Å². The van der Waals surface area contributed by atoms with Crippen LogP contribution in [-0.2, 0) is 15.1 Å². The summed E-state index contributed by atoms with van der Waals surface area (Å²) in [6.45, 7) is 5.94. The quantitative estimate of drug-likeness (QED) is 0.638. The fourth-order valence-corrected chi connectivity index (χ4v) is 1.86. The van der Waals surface area contributed by atoms with Gasteiger partial charge in [0.2, 0.25) is 0 Å². The lowest BCUT2D eigenvalue weighted by Gasteiger charge is -2.28. The molecule has 20 heavy (non-hydrogen) atoms. The summed E-state index contributed by atoms with van der Waals surface area (Å²) in [6.07, 6.45) is 5.35. The third-order valence-electron chi connectivity index (χ3n) is 2.94. The third-order valence-corrected chi connectivity index (χ3v) is 2.94. The molecule has 0 aliphatic carbocycles. The van der Waals surface area contributed by atoms with Crippen LogP contribution in [0.3, 0.4) is 0 Å². The normalized spacial score (nSPS) is 13.4. The van der Waals surface area contributed by atoms with Gasteiger partial charge in [0.15, 0.2) is 0 Å². The van der Waals surface area contributed by atoms with Crippen LogP contribution in [-0.4, -0.2) is 25.7 Å². The first-order chi connectivity index (χ1) is 9.43. The summed E-state index contributed by atoms with van der Waals surface area (Å²) in [6, 6.07) is 7.32. The Kier molecular flexibility index (Phi) is 5.60. The molecule has 1 atom stereocenters. The Morgan fingerprint density at radius 1 is 1.40 bits per heavy atom. The molecule has 1 rings (SSSR count). The van der Waals surface area contributed by atoms with Crippen molar-refractivity contribution in [2.24, 2.45) is 0 Å². The van der Waals surface area contributed by atoms with Crippen molar-refractivity contribution in [2.45, 2.75) is 32.4 Å². The Morgan fingerprint density at radius 3 is 2.45 bits per heavy atom. The molecule has 0 aliphatic rings. The van der Waals surface area contributed by atoms with E-state index in [-0.39, 0.29) is 18.6 Å². The van der Waals surface area contributed by atoms with Crippen LogP contribution in [0.1, 0.15) is 26.3 Å². The predicted molar refractivity (Wildman–Crippen MR) is 78.4 cm³/mol. The number of ether oxygens (including phenoxy) is 2. The van der Waals surface area contributed by atoms with E-state index in [1.165, 1.54) is 7.11 Å². The summed E-state index contributed by atoms with van der Waals surface area (Å²) < 4.78 is 10.4. The summed E-state index contributed by atoms with van der Waals surface area (Å²) in [7, 11) is 1.36. The van der Waals surface area contributed by atoms with Crippen LogP contribution in [0.2, 0.25) is 0 Å². The molecule has 1 N–H and O–H groups in total. The number of carbonyl (C=O) groups excluding carboxylic acids is 1. The van der Waals surface area contributed by atoms with Crippen molar-refractivity contribution in [3.8, 4) is 18.1 Å². The van der Waals surface area contributed by atoms with E-state index < -0.39 is 5.54 Å². The monoisotopic (exact) mass is 275 g/mol. The van der Waals surface area contributed by atoms with Crippen molar-refractivity contribution in [2.75, 3.05) is 13.7 Å². The van der Waals surface area contributed by atoms with Gasteiger partial charge >= 0.3 is 5.97 Å². The fraction of sp³-hybridized carbons (Fsp3) is 0.438. The van der Waals surface area contributed by atoms with Gasteiger partial charge in [0.05, 0.1) is 19.8 Å². The Labute approximate surface area is 120 Å². The highest BCUT2D eigenvalue weighted by molar-refractivity contribution is 5.82. The largest absolute Gasteiger partial charge is 0.491 e. The van der Waals surface area contributed by atoms with Crippen LogP contribution in [0.25, 0.3) is 0 Å². The molecular weight excluding hydrogens is 254 g/mol. The molecule has 1 aromatic rings. The topological polar surface area (TPSA) is 47.6 Å². The number of hydrogen-bond donors (Lipinski definition) is 1. The van der Waals surface area contributed by atoms with E-state index in [1.54, 1.807) is 6.92 Å². The molecule has 0 heterocycles. The maximum Gasteiger partial charge on any atom is 0.330 e. The van der Waals surface area contributed by atoms with Crippen LogP contribution < -0.4 is 10.1 Å². The maximum absolute atomic E-state index is 12.0. The number of rotatable bonds is 6. The van der Waals surface area contributed by atoms with Gasteiger partial charge in [0.25, 0.3) is 0 Å². The molecule has 0 spiro atoms. The van der Waals surface area contributed by atoms with Gasteiger partial charge in [-0.05, 0) is 38.5 Å². The minimum Gasteiger partial charge on any atom is -0.491 e. The number of benzene rings is 1. The van der Waals surface area contributed by atoms with Gasteiger partial charge in [-0.3, -0.25) is 5.32 Å². The van der Waals surface area contributed by atoms with Crippen molar-refractivity contribution in [1.29, 1.82) is 0 Å².